The molecule has 128 valence electrons. The van der Waals surface area contributed by atoms with E-state index in [1.54, 1.807) is 12.1 Å². The first-order valence-corrected chi connectivity index (χ1v) is 7.45. The number of ether oxygens (including phenoxy) is 1. The van der Waals surface area contributed by atoms with Crippen LogP contribution in [0.2, 0.25) is 0 Å². The van der Waals surface area contributed by atoms with Gasteiger partial charge in [-0.3, -0.25) is 4.79 Å². The highest BCUT2D eigenvalue weighted by Gasteiger charge is 2.12. The predicted molar refractivity (Wildman–Crippen MR) is 86.3 cm³/mol. The van der Waals surface area contributed by atoms with Crippen LogP contribution in [0.4, 0.5) is 8.78 Å². The van der Waals surface area contributed by atoms with Gasteiger partial charge in [0, 0.05) is 12.1 Å². The van der Waals surface area contributed by atoms with E-state index in [4.69, 9.17) is 0 Å². The summed E-state index contributed by atoms with van der Waals surface area (Å²) in [6.45, 7) is 1.01. The lowest BCUT2D eigenvalue weighted by molar-refractivity contribution is -0.0498. The van der Waals surface area contributed by atoms with Crippen molar-refractivity contribution in [2.24, 2.45) is 0 Å². The minimum Gasteiger partial charge on any atom is -0.435 e. The van der Waals surface area contributed by atoms with Crippen molar-refractivity contribution in [2.45, 2.75) is 26.6 Å². The van der Waals surface area contributed by atoms with E-state index in [2.05, 4.69) is 10.1 Å². The summed E-state index contributed by atoms with van der Waals surface area (Å²) in [6, 6.07) is 11.0. The fourth-order valence-electron chi connectivity index (χ4n) is 2.16. The van der Waals surface area contributed by atoms with Crippen LogP contribution in [0.15, 0.2) is 42.5 Å². The first-order chi connectivity index (χ1) is 11.4. The van der Waals surface area contributed by atoms with E-state index < -0.39 is 12.7 Å². The predicted octanol–water partition coefficient (Wildman–Crippen LogP) is 3.37. The second-order valence-corrected chi connectivity index (χ2v) is 5.47. The van der Waals surface area contributed by atoms with Gasteiger partial charge in [-0.25, -0.2) is 0 Å². The van der Waals surface area contributed by atoms with Gasteiger partial charge in [0.15, 0.2) is 0 Å². The van der Waals surface area contributed by atoms with Crippen molar-refractivity contribution in [1.82, 2.24) is 5.32 Å². The maximum Gasteiger partial charge on any atom is 0.387 e. The lowest BCUT2D eigenvalue weighted by Gasteiger charge is -2.13. The average Bonchev–Trinajstić information content (AvgIpc) is 2.55. The third-order valence-electron chi connectivity index (χ3n) is 3.72. The van der Waals surface area contributed by atoms with Gasteiger partial charge >= 0.3 is 6.61 Å². The molecule has 2 aromatic carbocycles. The molecule has 1 unspecified atom stereocenters. The van der Waals surface area contributed by atoms with Crippen molar-refractivity contribution < 1.29 is 23.4 Å². The number of aliphatic hydroxyl groups is 1. The summed E-state index contributed by atoms with van der Waals surface area (Å²) in [5, 5.41) is 12.7. The lowest BCUT2D eigenvalue weighted by Crippen LogP contribution is -2.28. The highest BCUT2D eigenvalue weighted by atomic mass is 19.3. The van der Waals surface area contributed by atoms with Crippen LogP contribution >= 0.6 is 0 Å². The number of hydrogen-bond acceptors (Lipinski definition) is 3. The van der Waals surface area contributed by atoms with Crippen molar-refractivity contribution in [3.05, 3.63) is 64.7 Å². The van der Waals surface area contributed by atoms with Gasteiger partial charge in [-0.05, 0) is 54.8 Å². The Hall–Kier alpha value is -2.47. The summed E-state index contributed by atoms with van der Waals surface area (Å²) < 4.78 is 28.4. The minimum atomic E-state index is -2.89. The molecule has 1 amide bonds. The zero-order valence-corrected chi connectivity index (χ0v) is 13.4. The molecule has 0 saturated carbocycles. The van der Waals surface area contributed by atoms with Crippen LogP contribution in [0, 0.1) is 13.8 Å². The Kier molecular flexibility index (Phi) is 5.87. The van der Waals surface area contributed by atoms with E-state index in [0.717, 1.165) is 11.1 Å². The maximum atomic E-state index is 12.1. The summed E-state index contributed by atoms with van der Waals surface area (Å²) in [4.78, 5) is 12.1. The Labute approximate surface area is 139 Å². The molecule has 0 aromatic heterocycles. The second-order valence-electron chi connectivity index (χ2n) is 5.47. The molecule has 0 aliphatic carbocycles. The minimum absolute atomic E-state index is 0.0140. The molecule has 0 heterocycles. The molecule has 0 aliphatic rings. The molecule has 1 atom stereocenters. The number of benzene rings is 2. The van der Waals surface area contributed by atoms with Crippen LogP contribution in [0.1, 0.15) is 33.2 Å². The monoisotopic (exact) mass is 335 g/mol. The number of alkyl halides is 2. The first kappa shape index (κ1) is 17.9. The number of halogens is 2. The van der Waals surface area contributed by atoms with Crippen molar-refractivity contribution in [1.29, 1.82) is 0 Å². The van der Waals surface area contributed by atoms with Crippen LogP contribution in [0.25, 0.3) is 0 Å². The van der Waals surface area contributed by atoms with E-state index in [0.29, 0.717) is 11.1 Å². The summed E-state index contributed by atoms with van der Waals surface area (Å²) in [5.74, 6) is -0.269. The number of rotatable bonds is 6. The highest BCUT2D eigenvalue weighted by Crippen LogP contribution is 2.19. The van der Waals surface area contributed by atoms with Gasteiger partial charge in [0.2, 0.25) is 0 Å². The molecule has 2 aromatic rings. The quantitative estimate of drug-likeness (QED) is 0.851. The standard InChI is InChI=1S/C18H19F2NO3/c1-11-3-4-14(9-12(11)2)17(23)21-10-16(22)13-5-7-15(8-6-13)24-18(19)20/h3-9,16,18,22H,10H2,1-2H3,(H,21,23). The van der Waals surface area contributed by atoms with Crippen LogP contribution in [0.3, 0.4) is 0 Å². The number of nitrogens with one attached hydrogen (secondary N) is 1. The Bertz CT molecular complexity index is 702. The van der Waals surface area contributed by atoms with Crippen molar-refractivity contribution in [3.8, 4) is 5.75 Å². The first-order valence-electron chi connectivity index (χ1n) is 7.45. The molecular weight excluding hydrogens is 316 g/mol. The van der Waals surface area contributed by atoms with Gasteiger partial charge in [0.25, 0.3) is 5.91 Å². The number of amides is 1. The molecule has 0 radical (unpaired) electrons. The highest BCUT2D eigenvalue weighted by molar-refractivity contribution is 5.94. The molecule has 6 heteroatoms. The topological polar surface area (TPSA) is 58.6 Å². The van der Waals surface area contributed by atoms with Gasteiger partial charge < -0.3 is 15.2 Å². The van der Waals surface area contributed by atoms with Gasteiger partial charge in [0.05, 0.1) is 6.10 Å². The fourth-order valence-corrected chi connectivity index (χ4v) is 2.16. The molecule has 0 bridgehead atoms. The number of aliphatic hydroxyl groups excluding tert-OH is 1. The Morgan fingerprint density at radius 3 is 2.38 bits per heavy atom. The van der Waals surface area contributed by atoms with Crippen LogP contribution < -0.4 is 10.1 Å². The summed E-state index contributed by atoms with van der Waals surface area (Å²) in [7, 11) is 0. The van der Waals surface area contributed by atoms with Crippen LogP contribution in [0.5, 0.6) is 5.75 Å². The number of aryl methyl sites for hydroxylation is 2. The summed E-state index contributed by atoms with van der Waals surface area (Å²) >= 11 is 0. The molecular formula is C18H19F2NO3. The van der Waals surface area contributed by atoms with Crippen molar-refractivity contribution >= 4 is 5.91 Å². The molecule has 24 heavy (non-hydrogen) atoms. The van der Waals surface area contributed by atoms with E-state index in [9.17, 15) is 18.7 Å². The van der Waals surface area contributed by atoms with Crippen LogP contribution in [-0.4, -0.2) is 24.2 Å². The van der Waals surface area contributed by atoms with Crippen molar-refractivity contribution in [3.63, 3.8) is 0 Å². The molecule has 4 nitrogen and oxygen atoms in total. The SMILES string of the molecule is Cc1ccc(C(=O)NCC(O)c2ccc(OC(F)F)cc2)cc1C. The fraction of sp³-hybridized carbons (Fsp3) is 0.278. The molecule has 0 fully saturated rings. The third-order valence-corrected chi connectivity index (χ3v) is 3.72. The van der Waals surface area contributed by atoms with Crippen molar-refractivity contribution in [2.75, 3.05) is 6.54 Å². The largest absolute Gasteiger partial charge is 0.435 e. The summed E-state index contributed by atoms with van der Waals surface area (Å²) in [6.07, 6.45) is -0.943. The molecule has 2 N–H and O–H groups in total. The van der Waals surface area contributed by atoms with E-state index in [-0.39, 0.29) is 18.2 Å². The Balaban J connectivity index is 1.93. The zero-order valence-electron chi connectivity index (χ0n) is 13.4. The van der Waals surface area contributed by atoms with E-state index >= 15 is 0 Å². The van der Waals surface area contributed by atoms with E-state index in [1.807, 2.05) is 19.9 Å². The molecule has 0 saturated heterocycles. The average molecular weight is 335 g/mol. The number of carbonyl (C=O) groups excluding carboxylic acids is 1. The molecule has 2 rings (SSSR count). The Morgan fingerprint density at radius 1 is 1.12 bits per heavy atom. The summed E-state index contributed by atoms with van der Waals surface area (Å²) in [5.41, 5.74) is 3.12. The molecule has 0 spiro atoms. The van der Waals surface area contributed by atoms with Crippen LogP contribution in [-0.2, 0) is 0 Å². The molecule has 0 aliphatic heterocycles. The van der Waals surface area contributed by atoms with Gasteiger partial charge in [-0.15, -0.1) is 0 Å². The normalized spacial score (nSPS) is 12.1. The second kappa shape index (κ2) is 7.88. The lowest BCUT2D eigenvalue weighted by atomic mass is 10.1. The zero-order chi connectivity index (χ0) is 17.7. The van der Waals surface area contributed by atoms with Gasteiger partial charge in [-0.2, -0.15) is 8.78 Å². The third kappa shape index (κ3) is 4.76. The smallest absolute Gasteiger partial charge is 0.387 e. The maximum absolute atomic E-state index is 12.1. The Morgan fingerprint density at radius 2 is 1.79 bits per heavy atom. The number of hydrogen-bond donors (Lipinski definition) is 2. The van der Waals surface area contributed by atoms with Gasteiger partial charge in [-0.1, -0.05) is 18.2 Å². The number of carbonyl (C=O) groups is 1. The van der Waals surface area contributed by atoms with Gasteiger partial charge in [0.1, 0.15) is 5.75 Å². The van der Waals surface area contributed by atoms with E-state index in [1.165, 1.54) is 24.3 Å².